The molecule has 0 aromatic carbocycles. The number of fused-ring (bicyclic) bond motifs is 2. The minimum Gasteiger partial charge on any atom is -0.375 e. The van der Waals surface area contributed by atoms with Crippen molar-refractivity contribution in [1.29, 1.82) is 0 Å². The van der Waals surface area contributed by atoms with Gasteiger partial charge in [0.1, 0.15) is 11.4 Å². The number of carbonyl (C=O) groups excluding carboxylic acids is 2. The van der Waals surface area contributed by atoms with Gasteiger partial charge in [-0.3, -0.25) is 19.4 Å². The lowest BCUT2D eigenvalue weighted by Gasteiger charge is -2.53. The molecule has 6 atom stereocenters. The lowest BCUT2D eigenvalue weighted by atomic mass is 9.80. The highest BCUT2D eigenvalue weighted by atomic mass is 16.7. The second kappa shape index (κ2) is 19.1. The zero-order valence-electron chi connectivity index (χ0n) is 43.3. The van der Waals surface area contributed by atoms with Crippen LogP contribution < -0.4 is 0 Å². The average Bonchev–Trinajstić information content (AvgIpc) is 3.69. The van der Waals surface area contributed by atoms with E-state index in [0.29, 0.717) is 13.2 Å². The predicted molar refractivity (Wildman–Crippen MR) is 250 cm³/mol. The van der Waals surface area contributed by atoms with Crippen LogP contribution in [0.2, 0.25) is 0 Å². The highest BCUT2D eigenvalue weighted by Crippen LogP contribution is 2.48. The zero-order chi connectivity index (χ0) is 47.3. The first-order valence-corrected chi connectivity index (χ1v) is 24.9. The number of hydrogen-bond acceptors (Lipinski definition) is 12. The Labute approximate surface area is 388 Å². The first-order valence-electron chi connectivity index (χ1n) is 24.9. The molecule has 6 rings (SSSR count). The lowest BCUT2D eigenvalue weighted by Crippen LogP contribution is -2.63. The summed E-state index contributed by atoms with van der Waals surface area (Å²) in [6.45, 7) is 35.6. The van der Waals surface area contributed by atoms with Gasteiger partial charge < -0.3 is 38.4 Å². The summed E-state index contributed by atoms with van der Waals surface area (Å²) in [7, 11) is 3.52. The van der Waals surface area contributed by atoms with E-state index >= 15 is 0 Å². The normalized spacial score (nSPS) is 35.2. The molecule has 2 amide bonds. The molecule has 0 aromatic rings. The summed E-state index contributed by atoms with van der Waals surface area (Å²) >= 11 is 0. The van der Waals surface area contributed by atoms with Crippen LogP contribution in [0.3, 0.4) is 0 Å². The van der Waals surface area contributed by atoms with Crippen LogP contribution in [0.1, 0.15) is 174 Å². The molecule has 370 valence electrons. The van der Waals surface area contributed by atoms with E-state index in [1.54, 1.807) is 14.2 Å². The zero-order valence-corrected chi connectivity index (χ0v) is 43.3. The third-order valence-electron chi connectivity index (χ3n) is 16.2. The smallest absolute Gasteiger partial charge is 0.209 e. The predicted octanol–water partition coefficient (Wildman–Crippen LogP) is 7.38. The third-order valence-corrected chi connectivity index (χ3v) is 16.2. The van der Waals surface area contributed by atoms with Gasteiger partial charge in [-0.05, 0) is 148 Å². The lowest BCUT2D eigenvalue weighted by molar-refractivity contribution is -0.281. The summed E-state index contributed by atoms with van der Waals surface area (Å²) in [5.74, 6) is 0. The van der Waals surface area contributed by atoms with E-state index in [1.165, 1.54) is 0 Å². The maximum absolute atomic E-state index is 12.6. The van der Waals surface area contributed by atoms with Gasteiger partial charge in [-0.15, -0.1) is 0 Å². The van der Waals surface area contributed by atoms with E-state index in [2.05, 4.69) is 117 Å². The minimum absolute atomic E-state index is 0.0229. The number of rotatable bonds is 19. The summed E-state index contributed by atoms with van der Waals surface area (Å²) < 4.78 is 27.0. The topological polar surface area (TPSA) is 109 Å². The van der Waals surface area contributed by atoms with Crippen LogP contribution in [0.25, 0.3) is 0 Å². The first-order chi connectivity index (χ1) is 29.6. The van der Waals surface area contributed by atoms with E-state index < -0.39 is 11.4 Å². The van der Waals surface area contributed by atoms with E-state index in [4.69, 9.17) is 28.6 Å². The summed E-state index contributed by atoms with van der Waals surface area (Å²) in [6, 6.07) is 0.207. The van der Waals surface area contributed by atoms with Crippen LogP contribution in [0.4, 0.5) is 0 Å². The molecule has 14 nitrogen and oxygen atoms in total. The monoisotopic (exact) mass is 905 g/mol. The van der Waals surface area contributed by atoms with Gasteiger partial charge in [-0.1, -0.05) is 12.8 Å². The summed E-state index contributed by atoms with van der Waals surface area (Å²) in [5.41, 5.74) is -1.72. The first kappa shape index (κ1) is 51.9. The molecule has 6 heterocycles. The highest BCUT2D eigenvalue weighted by molar-refractivity contribution is 5.48. The highest BCUT2D eigenvalue weighted by Gasteiger charge is 2.57. The minimum atomic E-state index is -0.463. The Hall–Kier alpha value is -1.46. The molecule has 6 aliphatic rings. The summed E-state index contributed by atoms with van der Waals surface area (Å²) in [4.78, 5) is 46.0. The second-order valence-electron chi connectivity index (χ2n) is 24.8. The molecule has 0 aliphatic carbocycles. The molecule has 0 radical (unpaired) electrons. The Morgan fingerprint density at radius 1 is 0.484 bits per heavy atom. The van der Waals surface area contributed by atoms with Crippen molar-refractivity contribution in [1.82, 2.24) is 29.7 Å². The number of carbonyl (C=O) groups is 2. The van der Waals surface area contributed by atoms with Gasteiger partial charge in [-0.2, -0.15) is 10.1 Å². The largest absolute Gasteiger partial charge is 0.375 e. The van der Waals surface area contributed by atoms with Gasteiger partial charge in [0.25, 0.3) is 0 Å². The molecule has 0 N–H and O–H groups in total. The fourth-order valence-electron chi connectivity index (χ4n) is 14.5. The third kappa shape index (κ3) is 11.0. The Morgan fingerprint density at radius 2 is 0.812 bits per heavy atom. The molecule has 6 fully saturated rings. The number of nitrogens with zero attached hydrogens (tertiary/aromatic N) is 6. The number of piperidine rings is 4. The van der Waals surface area contributed by atoms with Gasteiger partial charge in [0.2, 0.25) is 12.8 Å². The van der Waals surface area contributed by atoms with Crippen LogP contribution in [0.15, 0.2) is 0 Å². The SMILES string of the molecule is CON1C(C)(C)CC(OCC2CN3C(C)(C)CC(N(C=O)CCCCCCN(C=O)C4CC(C)(C)N5CC(COC6CC(C)(C)N(OC)C(C)(C)C6)OC5(C)C4)CC3(C)O2)CC1(C)C. The Bertz CT molecular complexity index is 1440. The van der Waals surface area contributed by atoms with Crippen LogP contribution in [0.5, 0.6) is 0 Å². The number of unbranched alkanes of at least 4 members (excludes halogenated alkanes) is 3. The van der Waals surface area contributed by atoms with E-state index in [-0.39, 0.29) is 69.7 Å². The van der Waals surface area contributed by atoms with Gasteiger partial charge in [0.15, 0.2) is 0 Å². The van der Waals surface area contributed by atoms with Crippen molar-refractivity contribution in [3.63, 3.8) is 0 Å². The van der Waals surface area contributed by atoms with Gasteiger partial charge in [-0.25, -0.2) is 0 Å². The van der Waals surface area contributed by atoms with Crippen molar-refractivity contribution in [2.75, 3.05) is 53.6 Å². The van der Waals surface area contributed by atoms with Crippen molar-refractivity contribution < 1.29 is 38.2 Å². The van der Waals surface area contributed by atoms with Crippen LogP contribution in [-0.4, -0.2) is 177 Å². The van der Waals surface area contributed by atoms with Crippen LogP contribution >= 0.6 is 0 Å². The number of amides is 2. The molecule has 6 saturated heterocycles. The standard InChI is InChI=1S/C50H92N6O8/c1-43(2)23-37(25-49(13)53(43)31-41(63-49)33-61-39-27-45(5,6)55(59-15)46(7,8)28-39)51(35-57)21-19-17-18-20-22-52(36-58)38-24-44(3,4)54-32-42(64-50(54,14)26-38)34-62-40-29-47(9,10)56(60-16)48(11,12)30-40/h35-42H,17-34H2,1-16H3. The summed E-state index contributed by atoms with van der Waals surface area (Å²) in [6.07, 6.45) is 13.2. The quantitative estimate of drug-likeness (QED) is 0.0954. The van der Waals surface area contributed by atoms with Crippen molar-refractivity contribution in [3.8, 4) is 0 Å². The Balaban J connectivity index is 0.936. The maximum atomic E-state index is 12.6. The van der Waals surface area contributed by atoms with E-state index in [0.717, 1.165) is 116 Å². The molecule has 64 heavy (non-hydrogen) atoms. The molecule has 0 saturated carbocycles. The molecule has 0 aromatic heterocycles. The molecular weight excluding hydrogens is 813 g/mol. The summed E-state index contributed by atoms with van der Waals surface area (Å²) in [5, 5.41) is 4.24. The Kier molecular flexibility index (Phi) is 15.5. The molecule has 6 aliphatic heterocycles. The van der Waals surface area contributed by atoms with Crippen molar-refractivity contribution in [3.05, 3.63) is 0 Å². The van der Waals surface area contributed by atoms with Gasteiger partial charge >= 0.3 is 0 Å². The number of hydroxylamine groups is 4. The fourth-order valence-corrected chi connectivity index (χ4v) is 14.5. The molecule has 0 spiro atoms. The molecular formula is C50H92N6O8. The maximum Gasteiger partial charge on any atom is 0.209 e. The van der Waals surface area contributed by atoms with Crippen molar-refractivity contribution in [2.45, 2.75) is 255 Å². The van der Waals surface area contributed by atoms with Gasteiger partial charge in [0.05, 0.1) is 51.8 Å². The van der Waals surface area contributed by atoms with Gasteiger partial charge in [0, 0.05) is 84.3 Å². The number of hydrogen-bond donors (Lipinski definition) is 0. The molecule has 6 unspecified atom stereocenters. The van der Waals surface area contributed by atoms with E-state index in [9.17, 15) is 9.59 Å². The molecule has 14 heteroatoms. The van der Waals surface area contributed by atoms with Crippen LogP contribution in [-0.2, 0) is 38.2 Å². The van der Waals surface area contributed by atoms with Crippen molar-refractivity contribution in [2.24, 2.45) is 0 Å². The van der Waals surface area contributed by atoms with Crippen molar-refractivity contribution >= 4 is 12.8 Å². The van der Waals surface area contributed by atoms with E-state index in [1.807, 2.05) is 9.80 Å². The van der Waals surface area contributed by atoms with Crippen LogP contribution in [0, 0.1) is 0 Å². The molecule has 0 bridgehead atoms. The Morgan fingerprint density at radius 3 is 1.11 bits per heavy atom. The fraction of sp³-hybridized carbons (Fsp3) is 0.960. The second-order valence-corrected chi connectivity index (χ2v) is 24.8. The average molecular weight is 905 g/mol. The number of ether oxygens (including phenoxy) is 4.